The molecule has 0 radical (unpaired) electrons. The number of nitrogens with zero attached hydrogens (tertiary/aromatic N) is 1. The van der Waals surface area contributed by atoms with Crippen LogP contribution in [-0.4, -0.2) is 9.67 Å². The van der Waals surface area contributed by atoms with E-state index in [1.54, 1.807) is 6.20 Å². The number of hydrogen-bond donors (Lipinski definition) is 1. The third kappa shape index (κ3) is 1.10. The van der Waals surface area contributed by atoms with Crippen LogP contribution in [0.3, 0.4) is 0 Å². The molecule has 0 fully saturated rings. The van der Waals surface area contributed by atoms with E-state index >= 15 is 0 Å². The zero-order valence-electron chi connectivity index (χ0n) is 8.13. The molecule has 0 unspecified atom stereocenters. The van der Waals surface area contributed by atoms with Crippen molar-refractivity contribution in [2.75, 3.05) is 0 Å². The van der Waals surface area contributed by atoms with Crippen molar-refractivity contribution in [1.82, 2.24) is 4.57 Å². The number of aromatic nitrogens is 1. The van der Waals surface area contributed by atoms with Gasteiger partial charge in [-0.25, -0.2) is 0 Å². The number of hydrogen-bond acceptors (Lipinski definition) is 1. The van der Waals surface area contributed by atoms with E-state index in [2.05, 4.69) is 19.9 Å². The Bertz CT molecular complexity index is 426. The second kappa shape index (κ2) is 2.52. The largest absolute Gasteiger partial charge is 0.506 e. The summed E-state index contributed by atoms with van der Waals surface area (Å²) in [6.07, 6.45) is 1.74. The average Bonchev–Trinajstić information content (AvgIpc) is 2.31. The molecule has 2 nitrogen and oxygen atoms in total. The number of aromatic hydroxyl groups is 1. The van der Waals surface area contributed by atoms with E-state index in [1.807, 2.05) is 17.7 Å². The summed E-state index contributed by atoms with van der Waals surface area (Å²) in [7, 11) is 1.94. The van der Waals surface area contributed by atoms with Crippen molar-refractivity contribution in [3.63, 3.8) is 0 Å². The first-order chi connectivity index (χ1) is 6.09. The maximum Gasteiger partial charge on any atom is 0.141 e. The van der Waals surface area contributed by atoms with Crippen LogP contribution in [0.25, 0.3) is 10.9 Å². The Hall–Kier alpha value is -1.44. The molecule has 0 atom stereocenters. The molecule has 13 heavy (non-hydrogen) atoms. The molecular formula is C11H13NO. The van der Waals surface area contributed by atoms with E-state index in [0.29, 0.717) is 5.75 Å². The van der Waals surface area contributed by atoms with Gasteiger partial charge in [0, 0.05) is 18.6 Å². The van der Waals surface area contributed by atoms with Crippen LogP contribution < -0.4 is 0 Å². The van der Waals surface area contributed by atoms with Crippen LogP contribution in [-0.2, 0) is 7.05 Å². The molecule has 1 heterocycles. The second-order valence-corrected chi connectivity index (χ2v) is 3.58. The molecule has 2 rings (SSSR count). The molecule has 0 aliphatic rings. The molecule has 1 aromatic carbocycles. The van der Waals surface area contributed by atoms with E-state index in [0.717, 1.165) is 10.9 Å². The Labute approximate surface area is 77.4 Å². The molecule has 2 heteroatoms. The van der Waals surface area contributed by atoms with Gasteiger partial charge in [0.05, 0.1) is 5.52 Å². The summed E-state index contributed by atoms with van der Waals surface area (Å²) in [5.41, 5.74) is 3.56. The van der Waals surface area contributed by atoms with Crippen molar-refractivity contribution in [1.29, 1.82) is 0 Å². The lowest BCUT2D eigenvalue weighted by molar-refractivity contribution is 0.479. The first-order valence-corrected chi connectivity index (χ1v) is 4.35. The maximum absolute atomic E-state index is 9.59. The Morgan fingerprint density at radius 2 is 1.77 bits per heavy atom. The summed E-state index contributed by atoms with van der Waals surface area (Å²) in [6.45, 7) is 4.14. The monoisotopic (exact) mass is 175 g/mol. The summed E-state index contributed by atoms with van der Waals surface area (Å²) >= 11 is 0. The smallest absolute Gasteiger partial charge is 0.141 e. The fourth-order valence-electron chi connectivity index (χ4n) is 1.62. The SMILES string of the molecule is Cc1cc2c(O)cn(C)c2cc1C. The maximum atomic E-state index is 9.59. The predicted octanol–water partition coefficient (Wildman–Crippen LogP) is 2.50. The topological polar surface area (TPSA) is 25.2 Å². The van der Waals surface area contributed by atoms with E-state index < -0.39 is 0 Å². The highest BCUT2D eigenvalue weighted by molar-refractivity contribution is 5.87. The van der Waals surface area contributed by atoms with Gasteiger partial charge < -0.3 is 9.67 Å². The first-order valence-electron chi connectivity index (χ1n) is 4.35. The molecule has 0 saturated carbocycles. The molecule has 1 aromatic heterocycles. The van der Waals surface area contributed by atoms with Crippen LogP contribution in [0.5, 0.6) is 5.75 Å². The lowest BCUT2D eigenvalue weighted by Gasteiger charge is -2.01. The van der Waals surface area contributed by atoms with Crippen molar-refractivity contribution in [2.24, 2.45) is 7.05 Å². The zero-order valence-corrected chi connectivity index (χ0v) is 8.13. The van der Waals surface area contributed by atoms with Crippen LogP contribution in [0.1, 0.15) is 11.1 Å². The Balaban J connectivity index is 2.91. The van der Waals surface area contributed by atoms with Gasteiger partial charge in [-0.05, 0) is 37.1 Å². The van der Waals surface area contributed by atoms with Crippen molar-refractivity contribution in [2.45, 2.75) is 13.8 Å². The molecule has 0 aliphatic heterocycles. The lowest BCUT2D eigenvalue weighted by atomic mass is 10.1. The van der Waals surface area contributed by atoms with Crippen LogP contribution >= 0.6 is 0 Å². The molecule has 0 aliphatic carbocycles. The van der Waals surface area contributed by atoms with E-state index in [-0.39, 0.29) is 0 Å². The number of rotatable bonds is 0. The molecule has 0 spiro atoms. The first kappa shape index (κ1) is 8.17. The third-order valence-corrected chi connectivity index (χ3v) is 2.58. The molecule has 0 saturated heterocycles. The lowest BCUT2D eigenvalue weighted by Crippen LogP contribution is -1.86. The summed E-state index contributed by atoms with van der Waals surface area (Å²) in [5.74, 6) is 0.362. The Kier molecular flexibility index (Phi) is 1.59. The fourth-order valence-corrected chi connectivity index (χ4v) is 1.62. The summed E-state index contributed by atoms with van der Waals surface area (Å²) < 4.78 is 1.94. The second-order valence-electron chi connectivity index (χ2n) is 3.58. The highest BCUT2D eigenvalue weighted by Crippen LogP contribution is 2.28. The summed E-state index contributed by atoms with van der Waals surface area (Å²) in [5, 5.41) is 10.5. The quantitative estimate of drug-likeness (QED) is 0.653. The number of fused-ring (bicyclic) bond motifs is 1. The van der Waals surface area contributed by atoms with E-state index in [1.165, 1.54) is 11.1 Å². The summed E-state index contributed by atoms with van der Waals surface area (Å²) in [4.78, 5) is 0. The molecule has 0 bridgehead atoms. The van der Waals surface area contributed by atoms with Gasteiger partial charge in [0.25, 0.3) is 0 Å². The van der Waals surface area contributed by atoms with Gasteiger partial charge in [0.1, 0.15) is 5.75 Å². The van der Waals surface area contributed by atoms with Gasteiger partial charge in [-0.1, -0.05) is 0 Å². The van der Waals surface area contributed by atoms with Crippen molar-refractivity contribution >= 4 is 10.9 Å². The molecular weight excluding hydrogens is 162 g/mol. The fraction of sp³-hybridized carbons (Fsp3) is 0.273. The van der Waals surface area contributed by atoms with E-state index in [4.69, 9.17) is 0 Å². The van der Waals surface area contributed by atoms with Crippen molar-refractivity contribution in [3.8, 4) is 5.75 Å². The third-order valence-electron chi connectivity index (χ3n) is 2.58. The Morgan fingerprint density at radius 3 is 2.46 bits per heavy atom. The minimum absolute atomic E-state index is 0.362. The summed E-state index contributed by atoms with van der Waals surface area (Å²) in [6, 6.07) is 4.13. The zero-order chi connectivity index (χ0) is 9.59. The van der Waals surface area contributed by atoms with Crippen molar-refractivity contribution < 1.29 is 5.11 Å². The van der Waals surface area contributed by atoms with Gasteiger partial charge in [0.15, 0.2) is 0 Å². The van der Waals surface area contributed by atoms with Crippen molar-refractivity contribution in [3.05, 3.63) is 29.5 Å². The van der Waals surface area contributed by atoms with Crippen LogP contribution in [0, 0.1) is 13.8 Å². The van der Waals surface area contributed by atoms with Gasteiger partial charge in [0.2, 0.25) is 0 Å². The Morgan fingerprint density at radius 1 is 1.15 bits per heavy atom. The van der Waals surface area contributed by atoms with Gasteiger partial charge >= 0.3 is 0 Å². The van der Waals surface area contributed by atoms with Gasteiger partial charge in [-0.3, -0.25) is 0 Å². The molecule has 1 N–H and O–H groups in total. The van der Waals surface area contributed by atoms with E-state index in [9.17, 15) is 5.11 Å². The van der Waals surface area contributed by atoms with Crippen LogP contribution in [0.2, 0.25) is 0 Å². The molecule has 68 valence electrons. The predicted molar refractivity (Wildman–Crippen MR) is 54.1 cm³/mol. The number of benzene rings is 1. The molecule has 2 aromatic rings. The van der Waals surface area contributed by atoms with Gasteiger partial charge in [-0.2, -0.15) is 0 Å². The number of aryl methyl sites for hydroxylation is 3. The van der Waals surface area contributed by atoms with Gasteiger partial charge in [-0.15, -0.1) is 0 Å². The highest BCUT2D eigenvalue weighted by Gasteiger charge is 2.06. The standard InChI is InChI=1S/C11H13NO/c1-7-4-9-10(5-8(7)2)12(3)6-11(9)13/h4-6,13H,1-3H3. The molecule has 0 amide bonds. The van der Waals surface area contributed by atoms with Crippen LogP contribution in [0.4, 0.5) is 0 Å². The minimum Gasteiger partial charge on any atom is -0.506 e. The highest BCUT2D eigenvalue weighted by atomic mass is 16.3. The normalized spacial score (nSPS) is 11.0. The average molecular weight is 175 g/mol. The van der Waals surface area contributed by atoms with Crippen LogP contribution in [0.15, 0.2) is 18.3 Å². The minimum atomic E-state index is 0.362.